The number of benzene rings is 2. The molecule has 0 bridgehead atoms. The van der Waals surface area contributed by atoms with Crippen molar-refractivity contribution in [3.63, 3.8) is 0 Å². The molecule has 2 aromatic carbocycles. The highest BCUT2D eigenvalue weighted by molar-refractivity contribution is 5.98. The van der Waals surface area contributed by atoms with Gasteiger partial charge in [-0.25, -0.2) is 9.78 Å². The maximum absolute atomic E-state index is 13.2. The van der Waals surface area contributed by atoms with Gasteiger partial charge in [0.25, 0.3) is 5.91 Å². The van der Waals surface area contributed by atoms with Gasteiger partial charge in [0, 0.05) is 36.8 Å². The van der Waals surface area contributed by atoms with Gasteiger partial charge >= 0.3 is 5.97 Å². The van der Waals surface area contributed by atoms with E-state index in [1.807, 2.05) is 48.5 Å². The molecule has 1 aliphatic rings. The van der Waals surface area contributed by atoms with Crippen LogP contribution in [0.4, 0.5) is 0 Å². The molecule has 8 nitrogen and oxygen atoms in total. The van der Waals surface area contributed by atoms with Crippen molar-refractivity contribution in [2.24, 2.45) is 0 Å². The summed E-state index contributed by atoms with van der Waals surface area (Å²) in [5.41, 5.74) is 3.22. The third kappa shape index (κ3) is 6.02. The summed E-state index contributed by atoms with van der Waals surface area (Å²) >= 11 is 0. The molecule has 1 aliphatic heterocycles. The fourth-order valence-electron chi connectivity index (χ4n) is 4.18. The van der Waals surface area contributed by atoms with Crippen LogP contribution in [0.5, 0.6) is 0 Å². The number of hydrogen-bond donors (Lipinski definition) is 3. The Balaban J connectivity index is 0.00000324. The van der Waals surface area contributed by atoms with Crippen LogP contribution in [0.1, 0.15) is 40.0 Å². The summed E-state index contributed by atoms with van der Waals surface area (Å²) < 4.78 is 0. The van der Waals surface area contributed by atoms with Gasteiger partial charge in [-0.05, 0) is 36.1 Å². The van der Waals surface area contributed by atoms with Crippen LogP contribution in [0.2, 0.25) is 0 Å². The topological polar surface area (TPSA) is 115 Å². The minimum absolute atomic E-state index is 0. The fourth-order valence-corrected chi connectivity index (χ4v) is 4.18. The van der Waals surface area contributed by atoms with Crippen molar-refractivity contribution < 1.29 is 19.5 Å². The summed E-state index contributed by atoms with van der Waals surface area (Å²) in [6, 6.07) is 14.7. The van der Waals surface area contributed by atoms with Crippen LogP contribution in [0.15, 0.2) is 67.1 Å². The highest BCUT2D eigenvalue weighted by Crippen LogP contribution is 2.22. The Morgan fingerprint density at radius 2 is 1.88 bits per heavy atom. The minimum Gasteiger partial charge on any atom is -0.480 e. The van der Waals surface area contributed by atoms with Crippen LogP contribution in [0.25, 0.3) is 0 Å². The number of H-pyrrole nitrogens is 1. The number of hydrogen-bond acceptors (Lipinski definition) is 4. The van der Waals surface area contributed by atoms with E-state index in [0.717, 1.165) is 16.8 Å². The Bertz CT molecular complexity index is 1120. The molecule has 0 aliphatic carbocycles. The van der Waals surface area contributed by atoms with Crippen molar-refractivity contribution in [3.8, 4) is 0 Å². The second-order valence-electron chi connectivity index (χ2n) is 8.20. The third-order valence-corrected chi connectivity index (χ3v) is 5.84. The molecule has 0 saturated carbocycles. The van der Waals surface area contributed by atoms with Crippen molar-refractivity contribution in [3.05, 3.63) is 89.5 Å². The third-order valence-electron chi connectivity index (χ3n) is 5.84. The van der Waals surface area contributed by atoms with Crippen LogP contribution >= 0.6 is 12.4 Å². The summed E-state index contributed by atoms with van der Waals surface area (Å²) in [6.07, 6.45) is 5.34. The number of nitrogens with zero attached hydrogens (tertiary/aromatic N) is 2. The van der Waals surface area contributed by atoms with Gasteiger partial charge in [0.2, 0.25) is 5.91 Å². The van der Waals surface area contributed by atoms with Gasteiger partial charge < -0.3 is 20.3 Å². The van der Waals surface area contributed by atoms with Crippen molar-refractivity contribution in [2.45, 2.75) is 37.8 Å². The first-order valence-corrected chi connectivity index (χ1v) is 11.0. The number of amides is 2. The SMILES string of the molecule is Cl.O=C(O)[C@H](Cc1ccccc1)NC(=O)[C@@H]1CCCN1C(=O)c1cccc(Cc2cnc[nH]2)c1. The first-order valence-electron chi connectivity index (χ1n) is 11.0. The first kappa shape index (κ1) is 25.0. The van der Waals surface area contributed by atoms with E-state index in [2.05, 4.69) is 15.3 Å². The quantitative estimate of drug-likeness (QED) is 0.456. The molecule has 2 heterocycles. The largest absolute Gasteiger partial charge is 0.480 e. The van der Waals surface area contributed by atoms with E-state index in [4.69, 9.17) is 0 Å². The van der Waals surface area contributed by atoms with Gasteiger partial charge in [-0.1, -0.05) is 42.5 Å². The number of imidazole rings is 1. The Morgan fingerprint density at radius 3 is 2.59 bits per heavy atom. The monoisotopic (exact) mass is 482 g/mol. The second kappa shape index (κ2) is 11.5. The van der Waals surface area contributed by atoms with Gasteiger partial charge in [0.05, 0.1) is 6.33 Å². The summed E-state index contributed by atoms with van der Waals surface area (Å²) in [5.74, 6) is -1.76. The van der Waals surface area contributed by atoms with Crippen LogP contribution in [0.3, 0.4) is 0 Å². The van der Waals surface area contributed by atoms with E-state index in [0.29, 0.717) is 31.4 Å². The molecule has 1 fully saturated rings. The summed E-state index contributed by atoms with van der Waals surface area (Å²) in [4.78, 5) is 46.6. The molecule has 3 N–H and O–H groups in total. The molecule has 2 atom stereocenters. The van der Waals surface area contributed by atoms with Gasteiger partial charge in [-0.15, -0.1) is 12.4 Å². The van der Waals surface area contributed by atoms with E-state index >= 15 is 0 Å². The number of aromatic amines is 1. The average molecular weight is 483 g/mol. The zero-order chi connectivity index (χ0) is 23.2. The van der Waals surface area contributed by atoms with Crippen LogP contribution in [0, 0.1) is 0 Å². The number of aliphatic carboxylic acids is 1. The van der Waals surface area contributed by atoms with E-state index in [1.165, 1.54) is 0 Å². The first-order chi connectivity index (χ1) is 16.0. The highest BCUT2D eigenvalue weighted by Gasteiger charge is 2.36. The van der Waals surface area contributed by atoms with Crippen molar-refractivity contribution >= 4 is 30.2 Å². The lowest BCUT2D eigenvalue weighted by Gasteiger charge is -2.26. The van der Waals surface area contributed by atoms with E-state index < -0.39 is 24.0 Å². The smallest absolute Gasteiger partial charge is 0.326 e. The lowest BCUT2D eigenvalue weighted by molar-refractivity contribution is -0.142. The van der Waals surface area contributed by atoms with Crippen molar-refractivity contribution in [1.29, 1.82) is 0 Å². The molecule has 9 heteroatoms. The molecule has 4 rings (SSSR count). The Labute approximate surface area is 203 Å². The lowest BCUT2D eigenvalue weighted by Crippen LogP contribution is -2.51. The van der Waals surface area contributed by atoms with Crippen molar-refractivity contribution in [2.75, 3.05) is 6.54 Å². The molecular weight excluding hydrogens is 456 g/mol. The normalized spacial score (nSPS) is 15.9. The molecule has 0 radical (unpaired) electrons. The molecule has 1 aromatic heterocycles. The second-order valence-corrected chi connectivity index (χ2v) is 8.20. The van der Waals surface area contributed by atoms with Crippen LogP contribution in [-0.4, -0.2) is 56.4 Å². The average Bonchev–Trinajstić information content (AvgIpc) is 3.51. The summed E-state index contributed by atoms with van der Waals surface area (Å²) in [7, 11) is 0. The number of carboxylic acids is 1. The zero-order valence-corrected chi connectivity index (χ0v) is 19.3. The molecular formula is C25H27ClN4O4. The highest BCUT2D eigenvalue weighted by atomic mass is 35.5. The summed E-state index contributed by atoms with van der Waals surface area (Å²) in [6.45, 7) is 0.456. The Kier molecular flexibility index (Phi) is 8.43. The molecule has 178 valence electrons. The standard InChI is InChI=1S/C25H26N4O4.ClH/c30-23(28-21(25(32)33)14-17-6-2-1-3-7-17)22-10-5-11-29(22)24(31)19-9-4-8-18(12-19)13-20-15-26-16-27-20;/h1-4,6-9,12,15-16,21-22H,5,10-11,13-14H2,(H,26,27)(H,28,30)(H,32,33);1H/t21-,22-;/m0./s1. The predicted molar refractivity (Wildman–Crippen MR) is 129 cm³/mol. The molecule has 0 unspecified atom stereocenters. The number of carboxylic acid groups (broad SMARTS) is 1. The Hall–Kier alpha value is -3.65. The number of rotatable bonds is 8. The maximum Gasteiger partial charge on any atom is 0.326 e. The minimum atomic E-state index is -1.10. The van der Waals surface area contributed by atoms with Gasteiger partial charge in [0.1, 0.15) is 12.1 Å². The molecule has 3 aromatic rings. The van der Waals surface area contributed by atoms with Crippen molar-refractivity contribution in [1.82, 2.24) is 20.2 Å². The van der Waals surface area contributed by atoms with Crippen LogP contribution < -0.4 is 5.32 Å². The number of likely N-dealkylation sites (tertiary alicyclic amines) is 1. The van der Waals surface area contributed by atoms with E-state index in [-0.39, 0.29) is 24.7 Å². The fraction of sp³-hybridized carbons (Fsp3) is 0.280. The number of nitrogens with one attached hydrogen (secondary N) is 2. The zero-order valence-electron chi connectivity index (χ0n) is 18.5. The summed E-state index contributed by atoms with van der Waals surface area (Å²) in [5, 5.41) is 12.3. The number of carbonyl (C=O) groups is 3. The predicted octanol–water partition coefficient (Wildman–Crippen LogP) is 2.84. The van der Waals surface area contributed by atoms with Gasteiger partial charge in [-0.2, -0.15) is 0 Å². The maximum atomic E-state index is 13.2. The number of carbonyl (C=O) groups excluding carboxylic acids is 2. The van der Waals surface area contributed by atoms with Gasteiger partial charge in [-0.3, -0.25) is 9.59 Å². The molecule has 1 saturated heterocycles. The number of halogens is 1. The molecule has 0 spiro atoms. The van der Waals surface area contributed by atoms with E-state index in [1.54, 1.807) is 23.5 Å². The number of aromatic nitrogens is 2. The Morgan fingerprint density at radius 1 is 1.12 bits per heavy atom. The lowest BCUT2D eigenvalue weighted by atomic mass is 10.0. The van der Waals surface area contributed by atoms with E-state index in [9.17, 15) is 19.5 Å². The molecule has 2 amide bonds. The van der Waals surface area contributed by atoms with Crippen LogP contribution in [-0.2, 0) is 22.4 Å². The van der Waals surface area contributed by atoms with Gasteiger partial charge in [0.15, 0.2) is 0 Å². The molecule has 34 heavy (non-hydrogen) atoms.